The van der Waals surface area contributed by atoms with E-state index in [1.165, 1.54) is 25.7 Å². The summed E-state index contributed by atoms with van der Waals surface area (Å²) in [5, 5.41) is 11.8. The van der Waals surface area contributed by atoms with Gasteiger partial charge in [0, 0.05) is 11.5 Å². The molecule has 0 aliphatic rings. The Morgan fingerprint density at radius 1 is 1.15 bits per heavy atom. The van der Waals surface area contributed by atoms with E-state index in [2.05, 4.69) is 36.1 Å². The Bertz CT molecular complexity index is 762. The standard InChI is InChI=1S/C21H32N4OS/c1-4-7-8-9-12-15-26-19-14-11-10-13-18(19)16-22-25-20(17(5-2)6-3)23-24-21(25)27/h10-11,13-14,16-17H,4-9,12,15H2,1-3H3,(H,24,27)/b22-16-. The van der Waals surface area contributed by atoms with Crippen LogP contribution in [0.4, 0.5) is 0 Å². The molecule has 1 heterocycles. The van der Waals surface area contributed by atoms with Crippen LogP contribution in [0.2, 0.25) is 0 Å². The van der Waals surface area contributed by atoms with Gasteiger partial charge in [0.25, 0.3) is 0 Å². The van der Waals surface area contributed by atoms with E-state index in [0.29, 0.717) is 10.7 Å². The summed E-state index contributed by atoms with van der Waals surface area (Å²) in [6.45, 7) is 7.28. The van der Waals surface area contributed by atoms with Crippen molar-refractivity contribution in [1.82, 2.24) is 14.9 Å². The maximum atomic E-state index is 5.99. The number of aromatic nitrogens is 3. The van der Waals surface area contributed by atoms with Crippen LogP contribution in [0.1, 0.15) is 83.0 Å². The van der Waals surface area contributed by atoms with Crippen molar-refractivity contribution >= 4 is 18.4 Å². The maximum Gasteiger partial charge on any atom is 0.216 e. The van der Waals surface area contributed by atoms with E-state index in [4.69, 9.17) is 17.0 Å². The first-order valence-electron chi connectivity index (χ1n) is 10.1. The van der Waals surface area contributed by atoms with Gasteiger partial charge in [-0.2, -0.15) is 14.9 Å². The third kappa shape index (κ3) is 6.31. The van der Waals surface area contributed by atoms with Crippen LogP contribution in [0.25, 0.3) is 0 Å². The van der Waals surface area contributed by atoms with Crippen LogP contribution in [0.5, 0.6) is 5.75 Å². The first-order chi connectivity index (χ1) is 13.2. The second-order valence-electron chi connectivity index (χ2n) is 6.76. The van der Waals surface area contributed by atoms with Gasteiger partial charge in [0.05, 0.1) is 12.8 Å². The molecule has 0 saturated carbocycles. The molecule has 148 valence electrons. The molecule has 0 radical (unpaired) electrons. The van der Waals surface area contributed by atoms with Gasteiger partial charge in [-0.05, 0) is 43.6 Å². The molecule has 1 N–H and O–H groups in total. The smallest absolute Gasteiger partial charge is 0.216 e. The predicted molar refractivity (Wildman–Crippen MR) is 114 cm³/mol. The van der Waals surface area contributed by atoms with Crippen LogP contribution in [-0.4, -0.2) is 27.7 Å². The van der Waals surface area contributed by atoms with E-state index in [1.807, 2.05) is 30.5 Å². The quantitative estimate of drug-likeness (QED) is 0.272. The van der Waals surface area contributed by atoms with Crippen LogP contribution < -0.4 is 4.74 Å². The molecular weight excluding hydrogens is 356 g/mol. The van der Waals surface area contributed by atoms with Crippen molar-refractivity contribution < 1.29 is 4.74 Å². The lowest BCUT2D eigenvalue weighted by Crippen LogP contribution is -2.06. The molecule has 0 atom stereocenters. The van der Waals surface area contributed by atoms with Crippen LogP contribution in [-0.2, 0) is 0 Å². The number of para-hydroxylation sites is 1. The highest BCUT2D eigenvalue weighted by atomic mass is 32.1. The van der Waals surface area contributed by atoms with E-state index in [1.54, 1.807) is 4.68 Å². The zero-order chi connectivity index (χ0) is 19.5. The fourth-order valence-corrected chi connectivity index (χ4v) is 3.25. The van der Waals surface area contributed by atoms with E-state index < -0.39 is 0 Å². The number of ether oxygens (including phenoxy) is 1. The minimum Gasteiger partial charge on any atom is -0.493 e. The first kappa shape index (κ1) is 21.4. The molecule has 0 amide bonds. The zero-order valence-corrected chi connectivity index (χ0v) is 17.6. The summed E-state index contributed by atoms with van der Waals surface area (Å²) >= 11 is 5.36. The number of aromatic amines is 1. The van der Waals surface area contributed by atoms with Gasteiger partial charge in [0.15, 0.2) is 5.82 Å². The van der Waals surface area contributed by atoms with Gasteiger partial charge in [0.2, 0.25) is 4.77 Å². The SMILES string of the molecule is CCCCCCCOc1ccccc1/C=N\n1c(C(CC)CC)n[nH]c1=S. The molecule has 0 fully saturated rings. The fourth-order valence-electron chi connectivity index (χ4n) is 3.06. The first-order valence-corrected chi connectivity index (χ1v) is 10.6. The Morgan fingerprint density at radius 3 is 2.63 bits per heavy atom. The summed E-state index contributed by atoms with van der Waals surface area (Å²) in [6, 6.07) is 7.98. The van der Waals surface area contributed by atoms with E-state index in [-0.39, 0.29) is 0 Å². The van der Waals surface area contributed by atoms with Crippen molar-refractivity contribution in [2.45, 2.75) is 71.6 Å². The van der Waals surface area contributed by atoms with Crippen molar-refractivity contribution in [2.24, 2.45) is 5.10 Å². The highest BCUT2D eigenvalue weighted by Gasteiger charge is 2.15. The van der Waals surface area contributed by atoms with Gasteiger partial charge in [-0.15, -0.1) is 0 Å². The van der Waals surface area contributed by atoms with Gasteiger partial charge >= 0.3 is 0 Å². The maximum absolute atomic E-state index is 5.99. The fraction of sp³-hybridized carbons (Fsp3) is 0.571. The van der Waals surface area contributed by atoms with Crippen molar-refractivity contribution in [3.8, 4) is 5.75 Å². The molecule has 6 heteroatoms. The summed E-state index contributed by atoms with van der Waals surface area (Å²) in [5.41, 5.74) is 0.949. The summed E-state index contributed by atoms with van der Waals surface area (Å²) in [7, 11) is 0. The van der Waals surface area contributed by atoms with E-state index in [0.717, 1.165) is 43.0 Å². The molecule has 0 aliphatic carbocycles. The normalized spacial score (nSPS) is 11.6. The predicted octanol–water partition coefficient (Wildman–Crippen LogP) is 6.08. The monoisotopic (exact) mass is 388 g/mol. The van der Waals surface area contributed by atoms with Crippen molar-refractivity contribution in [3.63, 3.8) is 0 Å². The molecule has 0 unspecified atom stereocenters. The lowest BCUT2D eigenvalue weighted by molar-refractivity contribution is 0.304. The largest absolute Gasteiger partial charge is 0.493 e. The summed E-state index contributed by atoms with van der Waals surface area (Å²) in [6.07, 6.45) is 9.95. The molecule has 1 aromatic carbocycles. The minimum absolute atomic E-state index is 0.338. The van der Waals surface area contributed by atoms with Crippen LogP contribution >= 0.6 is 12.2 Å². The van der Waals surface area contributed by atoms with Crippen molar-refractivity contribution in [2.75, 3.05) is 6.61 Å². The molecule has 2 rings (SSSR count). The second-order valence-corrected chi connectivity index (χ2v) is 7.14. The van der Waals surface area contributed by atoms with Gasteiger partial charge in [-0.1, -0.05) is 58.6 Å². The number of rotatable bonds is 12. The third-order valence-corrected chi connectivity index (χ3v) is 5.03. The Balaban J connectivity index is 2.08. The molecule has 0 spiro atoms. The van der Waals surface area contributed by atoms with Crippen molar-refractivity contribution in [3.05, 3.63) is 40.4 Å². The summed E-state index contributed by atoms with van der Waals surface area (Å²) in [4.78, 5) is 0. The molecule has 0 bridgehead atoms. The van der Waals surface area contributed by atoms with Gasteiger partial charge in [0.1, 0.15) is 5.75 Å². The average Bonchev–Trinajstić information content (AvgIpc) is 3.05. The number of hydrogen-bond acceptors (Lipinski definition) is 4. The number of benzene rings is 1. The van der Waals surface area contributed by atoms with Crippen molar-refractivity contribution in [1.29, 1.82) is 0 Å². The molecule has 0 aliphatic heterocycles. The average molecular weight is 389 g/mol. The number of nitrogens with zero attached hydrogens (tertiary/aromatic N) is 3. The zero-order valence-electron chi connectivity index (χ0n) is 16.8. The molecule has 0 saturated heterocycles. The van der Waals surface area contributed by atoms with E-state index in [9.17, 15) is 0 Å². The lowest BCUT2D eigenvalue weighted by Gasteiger charge is -2.11. The summed E-state index contributed by atoms with van der Waals surface area (Å²) in [5.74, 6) is 2.08. The summed E-state index contributed by atoms with van der Waals surface area (Å²) < 4.78 is 8.23. The molecule has 5 nitrogen and oxygen atoms in total. The number of unbranched alkanes of at least 4 members (excludes halogenated alkanes) is 4. The van der Waals surface area contributed by atoms with Gasteiger partial charge in [-0.3, -0.25) is 5.10 Å². The Kier molecular flexibility index (Phi) is 9.25. The number of nitrogens with one attached hydrogen (secondary N) is 1. The van der Waals surface area contributed by atoms with E-state index >= 15 is 0 Å². The number of hydrogen-bond donors (Lipinski definition) is 1. The topological polar surface area (TPSA) is 55.2 Å². The highest BCUT2D eigenvalue weighted by molar-refractivity contribution is 7.71. The van der Waals surface area contributed by atoms with Gasteiger partial charge < -0.3 is 4.74 Å². The lowest BCUT2D eigenvalue weighted by atomic mass is 10.0. The third-order valence-electron chi connectivity index (χ3n) is 4.76. The van der Waals surface area contributed by atoms with Gasteiger partial charge in [-0.25, -0.2) is 0 Å². The van der Waals surface area contributed by atoms with Crippen LogP contribution in [0.3, 0.4) is 0 Å². The Labute approximate surface area is 167 Å². The Morgan fingerprint density at radius 2 is 1.89 bits per heavy atom. The van der Waals surface area contributed by atoms with Crippen LogP contribution in [0, 0.1) is 4.77 Å². The molecule has 2 aromatic rings. The number of H-pyrrole nitrogens is 1. The molecular formula is C21H32N4OS. The minimum atomic E-state index is 0.338. The Hall–Kier alpha value is -1.95. The second kappa shape index (κ2) is 11.7. The molecule has 1 aromatic heterocycles. The highest BCUT2D eigenvalue weighted by Crippen LogP contribution is 2.21. The molecule has 27 heavy (non-hydrogen) atoms. The van der Waals surface area contributed by atoms with Crippen LogP contribution in [0.15, 0.2) is 29.4 Å².